The zero-order chi connectivity index (χ0) is 13.7. The summed E-state index contributed by atoms with van der Waals surface area (Å²) in [7, 11) is 2.14. The molecule has 0 spiro atoms. The number of hydrogen-bond acceptors (Lipinski definition) is 2. The van der Waals surface area contributed by atoms with Gasteiger partial charge in [0.2, 0.25) is 0 Å². The van der Waals surface area contributed by atoms with Crippen molar-refractivity contribution in [3.05, 3.63) is 71.8 Å². The van der Waals surface area contributed by atoms with E-state index in [-0.39, 0.29) is 6.04 Å². The van der Waals surface area contributed by atoms with E-state index >= 15 is 0 Å². The Morgan fingerprint density at radius 1 is 0.895 bits per heavy atom. The fourth-order valence-electron chi connectivity index (χ4n) is 2.35. The van der Waals surface area contributed by atoms with Crippen LogP contribution in [0.2, 0.25) is 0 Å². The van der Waals surface area contributed by atoms with Crippen LogP contribution in [0.25, 0.3) is 0 Å². The van der Waals surface area contributed by atoms with Gasteiger partial charge in [-0.1, -0.05) is 60.7 Å². The van der Waals surface area contributed by atoms with Crippen molar-refractivity contribution in [3.8, 4) is 0 Å². The minimum absolute atomic E-state index is 0.251. The first-order chi connectivity index (χ1) is 9.24. The van der Waals surface area contributed by atoms with Crippen LogP contribution < -0.4 is 5.73 Å². The second-order valence-corrected chi connectivity index (χ2v) is 4.97. The van der Waals surface area contributed by atoms with Crippen LogP contribution in [0, 0.1) is 0 Å². The van der Waals surface area contributed by atoms with Crippen molar-refractivity contribution in [1.29, 1.82) is 0 Å². The molecule has 2 rings (SSSR count). The van der Waals surface area contributed by atoms with Crippen molar-refractivity contribution in [3.63, 3.8) is 0 Å². The number of hydrogen-bond donors (Lipinski definition) is 1. The third-order valence-corrected chi connectivity index (χ3v) is 3.67. The van der Waals surface area contributed by atoms with E-state index < -0.39 is 0 Å². The average Bonchev–Trinajstić information content (AvgIpc) is 2.49. The SMILES string of the molecule is CC(CN)N(C)C(c1ccccc1)c1ccccc1. The molecule has 1 unspecified atom stereocenters. The Balaban J connectivity index is 2.40. The second kappa shape index (κ2) is 6.50. The number of nitrogens with two attached hydrogens (primary N) is 1. The number of nitrogens with zero attached hydrogens (tertiary/aromatic N) is 1. The Morgan fingerprint density at radius 2 is 1.32 bits per heavy atom. The molecule has 2 aromatic rings. The van der Waals surface area contributed by atoms with E-state index in [1.54, 1.807) is 0 Å². The predicted octanol–water partition coefficient (Wildman–Crippen LogP) is 3.06. The Morgan fingerprint density at radius 3 is 1.68 bits per heavy atom. The quantitative estimate of drug-likeness (QED) is 0.888. The third-order valence-electron chi connectivity index (χ3n) is 3.67. The van der Waals surface area contributed by atoms with Gasteiger partial charge in [-0.2, -0.15) is 0 Å². The van der Waals surface area contributed by atoms with Crippen molar-refractivity contribution >= 4 is 0 Å². The zero-order valence-corrected chi connectivity index (χ0v) is 11.7. The van der Waals surface area contributed by atoms with Crippen molar-refractivity contribution in [2.24, 2.45) is 5.73 Å². The molecule has 19 heavy (non-hydrogen) atoms. The van der Waals surface area contributed by atoms with E-state index in [9.17, 15) is 0 Å². The first-order valence-corrected chi connectivity index (χ1v) is 6.76. The topological polar surface area (TPSA) is 29.3 Å². The van der Waals surface area contributed by atoms with Crippen molar-refractivity contribution in [1.82, 2.24) is 4.90 Å². The summed E-state index contributed by atoms with van der Waals surface area (Å²) in [5.41, 5.74) is 8.43. The van der Waals surface area contributed by atoms with Gasteiger partial charge >= 0.3 is 0 Å². The maximum Gasteiger partial charge on any atom is 0.0602 e. The van der Waals surface area contributed by atoms with Gasteiger partial charge in [0.25, 0.3) is 0 Å². The lowest BCUT2D eigenvalue weighted by Gasteiger charge is -2.33. The maximum absolute atomic E-state index is 5.83. The van der Waals surface area contributed by atoms with Gasteiger partial charge < -0.3 is 5.73 Å². The molecule has 0 radical (unpaired) electrons. The normalized spacial score (nSPS) is 12.9. The van der Waals surface area contributed by atoms with E-state index in [0.29, 0.717) is 12.6 Å². The summed E-state index contributed by atoms with van der Waals surface area (Å²) >= 11 is 0. The third kappa shape index (κ3) is 3.22. The zero-order valence-electron chi connectivity index (χ0n) is 11.7. The Hall–Kier alpha value is -1.64. The van der Waals surface area contributed by atoms with Crippen LogP contribution in [0.4, 0.5) is 0 Å². The molecule has 0 bridgehead atoms. The van der Waals surface area contributed by atoms with Gasteiger partial charge in [0.15, 0.2) is 0 Å². The summed E-state index contributed by atoms with van der Waals surface area (Å²) in [6.45, 7) is 2.82. The summed E-state index contributed by atoms with van der Waals surface area (Å²) in [4.78, 5) is 2.34. The molecule has 0 fully saturated rings. The Labute approximate surface area is 115 Å². The molecule has 0 amide bonds. The van der Waals surface area contributed by atoms with E-state index in [1.165, 1.54) is 11.1 Å². The molecule has 2 aromatic carbocycles. The number of likely N-dealkylation sites (N-methyl/N-ethyl adjacent to an activating group) is 1. The van der Waals surface area contributed by atoms with Crippen LogP contribution >= 0.6 is 0 Å². The Bertz CT molecular complexity index is 442. The van der Waals surface area contributed by atoms with Crippen LogP contribution in [-0.2, 0) is 0 Å². The molecule has 0 aliphatic carbocycles. The van der Waals surface area contributed by atoms with Crippen LogP contribution in [-0.4, -0.2) is 24.5 Å². The molecular weight excluding hydrogens is 232 g/mol. The molecule has 100 valence electrons. The van der Waals surface area contributed by atoms with Crippen LogP contribution in [0.5, 0.6) is 0 Å². The largest absolute Gasteiger partial charge is 0.329 e. The summed E-state index contributed by atoms with van der Waals surface area (Å²) in [6, 6.07) is 21.8. The van der Waals surface area contributed by atoms with Crippen molar-refractivity contribution < 1.29 is 0 Å². The number of rotatable bonds is 5. The van der Waals surface area contributed by atoms with Crippen LogP contribution in [0.1, 0.15) is 24.1 Å². The minimum atomic E-state index is 0.251. The van der Waals surface area contributed by atoms with Gasteiger partial charge in [0, 0.05) is 12.6 Å². The molecule has 0 saturated carbocycles. The summed E-state index contributed by atoms with van der Waals surface area (Å²) in [5.74, 6) is 0. The lowest BCUT2D eigenvalue weighted by Crippen LogP contribution is -2.38. The minimum Gasteiger partial charge on any atom is -0.329 e. The molecule has 1 atom stereocenters. The first kappa shape index (κ1) is 13.8. The fraction of sp³-hybridized carbons (Fsp3) is 0.294. The van der Waals surface area contributed by atoms with Gasteiger partial charge in [0.05, 0.1) is 6.04 Å². The smallest absolute Gasteiger partial charge is 0.0602 e. The van der Waals surface area contributed by atoms with E-state index in [2.05, 4.69) is 79.5 Å². The molecule has 0 aliphatic heterocycles. The molecule has 0 heterocycles. The van der Waals surface area contributed by atoms with E-state index in [0.717, 1.165) is 0 Å². The van der Waals surface area contributed by atoms with Crippen LogP contribution in [0.3, 0.4) is 0 Å². The van der Waals surface area contributed by atoms with Gasteiger partial charge in [-0.25, -0.2) is 0 Å². The maximum atomic E-state index is 5.83. The van der Waals surface area contributed by atoms with Gasteiger partial charge in [-0.3, -0.25) is 4.90 Å². The van der Waals surface area contributed by atoms with Gasteiger partial charge in [-0.05, 0) is 25.1 Å². The molecule has 2 N–H and O–H groups in total. The van der Waals surface area contributed by atoms with Crippen molar-refractivity contribution in [2.75, 3.05) is 13.6 Å². The highest BCUT2D eigenvalue weighted by Crippen LogP contribution is 2.28. The summed E-state index contributed by atoms with van der Waals surface area (Å²) in [6.07, 6.45) is 0. The molecule has 2 nitrogen and oxygen atoms in total. The fourth-order valence-corrected chi connectivity index (χ4v) is 2.35. The first-order valence-electron chi connectivity index (χ1n) is 6.76. The lowest BCUT2D eigenvalue weighted by molar-refractivity contribution is 0.216. The number of benzene rings is 2. The molecule has 0 aliphatic rings. The highest BCUT2D eigenvalue weighted by Gasteiger charge is 2.22. The van der Waals surface area contributed by atoms with Gasteiger partial charge in [0.1, 0.15) is 0 Å². The second-order valence-electron chi connectivity index (χ2n) is 4.97. The lowest BCUT2D eigenvalue weighted by atomic mass is 9.96. The predicted molar refractivity (Wildman–Crippen MR) is 81.0 cm³/mol. The standard InChI is InChI=1S/C17H22N2/c1-14(13-18)19(2)17(15-9-5-3-6-10-15)16-11-7-4-8-12-16/h3-12,14,17H,13,18H2,1-2H3. The Kier molecular flexibility index (Phi) is 4.72. The summed E-state index contributed by atoms with van der Waals surface area (Å²) in [5, 5.41) is 0. The molecule has 0 aromatic heterocycles. The van der Waals surface area contributed by atoms with E-state index in [1.807, 2.05) is 0 Å². The van der Waals surface area contributed by atoms with Crippen LogP contribution in [0.15, 0.2) is 60.7 Å². The van der Waals surface area contributed by atoms with E-state index in [4.69, 9.17) is 5.73 Å². The highest BCUT2D eigenvalue weighted by molar-refractivity contribution is 5.31. The molecule has 0 saturated heterocycles. The average molecular weight is 254 g/mol. The highest BCUT2D eigenvalue weighted by atomic mass is 15.2. The summed E-state index contributed by atoms with van der Waals surface area (Å²) < 4.78 is 0. The monoisotopic (exact) mass is 254 g/mol. The van der Waals surface area contributed by atoms with Crippen molar-refractivity contribution in [2.45, 2.75) is 19.0 Å². The van der Waals surface area contributed by atoms with Gasteiger partial charge in [-0.15, -0.1) is 0 Å². The molecular formula is C17H22N2. The molecule has 2 heteroatoms.